The van der Waals surface area contributed by atoms with Crippen molar-refractivity contribution in [1.82, 2.24) is 9.88 Å². The van der Waals surface area contributed by atoms with Gasteiger partial charge in [-0.05, 0) is 49.3 Å². The van der Waals surface area contributed by atoms with Crippen LogP contribution in [0.2, 0.25) is 0 Å². The molecule has 0 aliphatic carbocycles. The Bertz CT molecular complexity index is 922. The lowest BCUT2D eigenvalue weighted by atomic mass is 9.99. The Morgan fingerprint density at radius 2 is 1.90 bits per heavy atom. The van der Waals surface area contributed by atoms with Gasteiger partial charge < -0.3 is 0 Å². The van der Waals surface area contributed by atoms with Crippen molar-refractivity contribution in [3.05, 3.63) is 63.4 Å². The number of likely N-dealkylation sites (tertiary alicyclic amines) is 1. The summed E-state index contributed by atoms with van der Waals surface area (Å²) in [5.41, 5.74) is 2.45. The molecular formula is C24H28N2OS2. The highest BCUT2D eigenvalue weighted by Gasteiger charge is 2.31. The predicted molar refractivity (Wildman–Crippen MR) is 123 cm³/mol. The maximum absolute atomic E-state index is 12.2. The average Bonchev–Trinajstić information content (AvgIpc) is 3.36. The summed E-state index contributed by atoms with van der Waals surface area (Å²) in [4.78, 5) is 21.9. The average molecular weight is 425 g/mol. The van der Waals surface area contributed by atoms with Gasteiger partial charge in [-0.1, -0.05) is 30.3 Å². The van der Waals surface area contributed by atoms with Crippen LogP contribution in [0.1, 0.15) is 48.1 Å². The molecular weight excluding hydrogens is 396 g/mol. The van der Waals surface area contributed by atoms with Crippen LogP contribution in [0, 0.1) is 0 Å². The Kier molecular flexibility index (Phi) is 6.58. The fourth-order valence-corrected chi connectivity index (χ4v) is 5.38. The van der Waals surface area contributed by atoms with Crippen LogP contribution in [0.4, 0.5) is 0 Å². The van der Waals surface area contributed by atoms with Crippen molar-refractivity contribution >= 4 is 28.5 Å². The molecule has 0 radical (unpaired) electrons. The summed E-state index contributed by atoms with van der Waals surface area (Å²) in [7, 11) is 0. The highest BCUT2D eigenvalue weighted by atomic mass is 32.1. The first-order chi connectivity index (χ1) is 14.1. The van der Waals surface area contributed by atoms with Crippen LogP contribution in [-0.2, 0) is 17.6 Å². The minimum Gasteiger partial charge on any atom is -0.300 e. The number of aromatic nitrogens is 1. The number of thiazole rings is 1. The molecule has 0 spiro atoms. The summed E-state index contributed by atoms with van der Waals surface area (Å²) in [6.07, 6.45) is 4.99. The van der Waals surface area contributed by atoms with E-state index in [1.807, 2.05) is 23.6 Å². The number of aryl methyl sites for hydroxylation is 2. The largest absolute Gasteiger partial charge is 0.300 e. The molecule has 1 aliphatic rings. The van der Waals surface area contributed by atoms with Gasteiger partial charge in [-0.25, -0.2) is 4.98 Å². The molecule has 0 bridgehead atoms. The van der Waals surface area contributed by atoms with Crippen LogP contribution < -0.4 is 0 Å². The van der Waals surface area contributed by atoms with E-state index in [9.17, 15) is 4.79 Å². The zero-order valence-electron chi connectivity index (χ0n) is 17.1. The predicted octanol–water partition coefficient (Wildman–Crippen LogP) is 5.81. The monoisotopic (exact) mass is 424 g/mol. The number of Topliss-reactive ketones (excluding diaryl/α,β-unsaturated/α-hetero) is 1. The molecule has 1 aromatic carbocycles. The van der Waals surface area contributed by atoms with Crippen LogP contribution in [0.3, 0.4) is 0 Å². The second kappa shape index (κ2) is 9.33. The molecule has 29 heavy (non-hydrogen) atoms. The molecule has 2 aromatic heterocycles. The van der Waals surface area contributed by atoms with Crippen LogP contribution in [0.25, 0.3) is 10.4 Å². The number of hydrogen-bond donors (Lipinski definition) is 0. The molecule has 3 aromatic rings. The van der Waals surface area contributed by atoms with Crippen molar-refractivity contribution in [3.63, 3.8) is 0 Å². The molecule has 0 atom stereocenters. The van der Waals surface area contributed by atoms with Gasteiger partial charge >= 0.3 is 0 Å². The van der Waals surface area contributed by atoms with E-state index in [4.69, 9.17) is 0 Å². The van der Waals surface area contributed by atoms with Gasteiger partial charge in [0.05, 0.1) is 9.88 Å². The van der Waals surface area contributed by atoms with Gasteiger partial charge in [0.15, 0.2) is 0 Å². The van der Waals surface area contributed by atoms with E-state index in [0.29, 0.717) is 30.6 Å². The lowest BCUT2D eigenvalue weighted by Crippen LogP contribution is -2.48. The van der Waals surface area contributed by atoms with Gasteiger partial charge in [0, 0.05) is 49.0 Å². The lowest BCUT2D eigenvalue weighted by Gasteiger charge is -2.41. The van der Waals surface area contributed by atoms with Crippen molar-refractivity contribution < 1.29 is 4.79 Å². The van der Waals surface area contributed by atoms with Crippen LogP contribution in [0.5, 0.6) is 0 Å². The van der Waals surface area contributed by atoms with E-state index < -0.39 is 0 Å². The molecule has 0 N–H and O–H groups in total. The summed E-state index contributed by atoms with van der Waals surface area (Å²) in [5, 5.41) is 3.33. The van der Waals surface area contributed by atoms with E-state index in [1.165, 1.54) is 25.9 Å². The number of carbonyl (C=O) groups is 1. The van der Waals surface area contributed by atoms with E-state index >= 15 is 0 Å². The normalized spacial score (nSPS) is 15.0. The Labute approximate surface area is 181 Å². The first-order valence-electron chi connectivity index (χ1n) is 10.4. The van der Waals surface area contributed by atoms with E-state index in [2.05, 4.69) is 59.4 Å². The molecule has 1 fully saturated rings. The molecule has 5 heteroatoms. The van der Waals surface area contributed by atoms with Crippen molar-refractivity contribution in [3.8, 4) is 10.4 Å². The lowest BCUT2D eigenvalue weighted by molar-refractivity contribution is -0.119. The number of hydrogen-bond acceptors (Lipinski definition) is 5. The molecule has 1 saturated heterocycles. The van der Waals surface area contributed by atoms with Crippen molar-refractivity contribution in [2.45, 2.75) is 51.5 Å². The van der Waals surface area contributed by atoms with Gasteiger partial charge in [-0.3, -0.25) is 9.69 Å². The van der Waals surface area contributed by atoms with Crippen molar-refractivity contribution in [1.29, 1.82) is 0 Å². The van der Waals surface area contributed by atoms with E-state index in [0.717, 1.165) is 25.9 Å². The third-order valence-electron chi connectivity index (χ3n) is 5.67. The van der Waals surface area contributed by atoms with Crippen molar-refractivity contribution in [2.75, 3.05) is 13.1 Å². The van der Waals surface area contributed by atoms with Crippen LogP contribution in [-0.4, -0.2) is 34.8 Å². The van der Waals surface area contributed by atoms with E-state index in [-0.39, 0.29) is 0 Å². The maximum Gasteiger partial charge on any atom is 0.133 e. The number of ketones is 1. The minimum atomic E-state index is 0.352. The molecule has 0 amide bonds. The van der Waals surface area contributed by atoms with Gasteiger partial charge in [-0.2, -0.15) is 0 Å². The standard InChI is InChI=1S/C24H28N2OS2/c1-17(2)26-15-20(16-26)24-25-14-23(29-24)19-8-5-18(6-9-19)7-10-21(27)11-12-22-4-3-13-28-22/h3-6,8-9,13-14,17,20H,7,10-12,15-16H2,1-2H3. The summed E-state index contributed by atoms with van der Waals surface area (Å²) in [6.45, 7) is 6.76. The summed E-state index contributed by atoms with van der Waals surface area (Å²) >= 11 is 3.55. The molecule has 152 valence electrons. The molecule has 4 rings (SSSR count). The maximum atomic E-state index is 12.2. The number of rotatable bonds is 9. The van der Waals surface area contributed by atoms with Gasteiger partial charge in [0.2, 0.25) is 0 Å². The smallest absolute Gasteiger partial charge is 0.133 e. The highest BCUT2D eigenvalue weighted by molar-refractivity contribution is 7.15. The zero-order valence-corrected chi connectivity index (χ0v) is 18.8. The second-order valence-electron chi connectivity index (χ2n) is 8.12. The highest BCUT2D eigenvalue weighted by Crippen LogP contribution is 2.35. The molecule has 3 heterocycles. The van der Waals surface area contributed by atoms with Crippen molar-refractivity contribution in [2.24, 2.45) is 0 Å². The fraction of sp³-hybridized carbons (Fsp3) is 0.417. The van der Waals surface area contributed by atoms with E-state index in [1.54, 1.807) is 11.3 Å². The van der Waals surface area contributed by atoms with Crippen LogP contribution >= 0.6 is 22.7 Å². The van der Waals surface area contributed by atoms with Gasteiger partial charge in [0.1, 0.15) is 5.78 Å². The summed E-state index contributed by atoms with van der Waals surface area (Å²) in [5.74, 6) is 0.945. The van der Waals surface area contributed by atoms with Gasteiger partial charge in [0.25, 0.3) is 0 Å². The summed E-state index contributed by atoms with van der Waals surface area (Å²) in [6, 6.07) is 13.4. The fourth-order valence-electron chi connectivity index (χ4n) is 3.66. The third kappa shape index (κ3) is 5.21. The molecule has 0 saturated carbocycles. The number of nitrogens with zero attached hydrogens (tertiary/aromatic N) is 2. The minimum absolute atomic E-state index is 0.352. The number of thiophene rings is 1. The molecule has 0 unspecified atom stereocenters. The molecule has 3 nitrogen and oxygen atoms in total. The third-order valence-corrected chi connectivity index (χ3v) is 7.82. The Morgan fingerprint density at radius 1 is 1.14 bits per heavy atom. The summed E-state index contributed by atoms with van der Waals surface area (Å²) < 4.78 is 0. The van der Waals surface area contributed by atoms with Gasteiger partial charge in [-0.15, -0.1) is 22.7 Å². The first kappa shape index (κ1) is 20.5. The quantitative estimate of drug-likeness (QED) is 0.434. The number of benzene rings is 1. The zero-order chi connectivity index (χ0) is 20.2. The Hall–Kier alpha value is -1.82. The molecule has 1 aliphatic heterocycles. The second-order valence-corrected chi connectivity index (χ2v) is 10.2. The first-order valence-corrected chi connectivity index (χ1v) is 12.1. The van der Waals surface area contributed by atoms with Crippen LogP contribution in [0.15, 0.2) is 48.0 Å². The number of carbonyl (C=O) groups excluding carboxylic acids is 1. The Morgan fingerprint density at radius 3 is 2.59 bits per heavy atom. The SMILES string of the molecule is CC(C)N1CC(c2ncc(-c3ccc(CCC(=O)CCc4cccs4)cc3)s2)C1. The topological polar surface area (TPSA) is 33.2 Å². The Balaban J connectivity index is 1.26.